The minimum Gasteiger partial charge on any atom is -0.330 e. The second-order valence-electron chi connectivity index (χ2n) is 3.15. The minimum atomic E-state index is -4.63. The topological polar surface area (TPSA) is 80.9 Å². The van der Waals surface area contributed by atoms with Crippen molar-refractivity contribution >= 4 is 0 Å². The number of nitrogens with two attached hydrogens (primary N) is 1. The Hall–Kier alpha value is -1.57. The molecular formula is C8H10F3N3O2. The van der Waals surface area contributed by atoms with E-state index < -0.39 is 29.8 Å². The van der Waals surface area contributed by atoms with Crippen molar-refractivity contribution in [2.24, 2.45) is 5.73 Å². The zero-order chi connectivity index (χ0) is 12.3. The highest BCUT2D eigenvalue weighted by atomic mass is 19.4. The molecule has 1 heterocycles. The van der Waals surface area contributed by atoms with Gasteiger partial charge in [0.05, 0.1) is 0 Å². The largest absolute Gasteiger partial charge is 0.410 e. The molecule has 0 aromatic carbocycles. The van der Waals surface area contributed by atoms with Gasteiger partial charge in [-0.15, -0.1) is 0 Å². The van der Waals surface area contributed by atoms with Gasteiger partial charge in [0.2, 0.25) is 0 Å². The summed E-state index contributed by atoms with van der Waals surface area (Å²) < 4.78 is 38.0. The maximum absolute atomic E-state index is 12.6. The Morgan fingerprint density at radius 1 is 1.38 bits per heavy atom. The maximum atomic E-state index is 12.6. The Balaban J connectivity index is 3.26. The van der Waals surface area contributed by atoms with Crippen molar-refractivity contribution in [1.82, 2.24) is 9.78 Å². The SMILES string of the molecule is NCCC(n1[nH]c(=O)ccc1=O)C(F)(F)F. The first-order valence-corrected chi connectivity index (χ1v) is 4.45. The van der Waals surface area contributed by atoms with Crippen LogP contribution in [0.25, 0.3) is 0 Å². The number of rotatable bonds is 3. The predicted octanol–water partition coefficient (Wildman–Crippen LogP) is -0.0112. The van der Waals surface area contributed by atoms with Crippen molar-refractivity contribution in [3.05, 3.63) is 32.8 Å². The van der Waals surface area contributed by atoms with E-state index in [2.05, 4.69) is 0 Å². The van der Waals surface area contributed by atoms with Gasteiger partial charge in [-0.2, -0.15) is 13.2 Å². The minimum absolute atomic E-state index is 0.243. The lowest BCUT2D eigenvalue weighted by atomic mass is 10.2. The van der Waals surface area contributed by atoms with Gasteiger partial charge < -0.3 is 5.73 Å². The molecule has 1 atom stereocenters. The average Bonchev–Trinajstić information content (AvgIpc) is 2.17. The Morgan fingerprint density at radius 2 is 2.00 bits per heavy atom. The van der Waals surface area contributed by atoms with Crippen LogP contribution in [0.15, 0.2) is 21.7 Å². The molecule has 1 aromatic rings. The number of alkyl halides is 3. The van der Waals surface area contributed by atoms with E-state index >= 15 is 0 Å². The Bertz CT molecular complexity index is 463. The number of H-pyrrole nitrogens is 1. The molecule has 0 saturated heterocycles. The molecule has 0 aliphatic heterocycles. The first kappa shape index (κ1) is 12.5. The summed E-state index contributed by atoms with van der Waals surface area (Å²) in [5, 5.41) is 1.84. The summed E-state index contributed by atoms with van der Waals surface area (Å²) >= 11 is 0. The van der Waals surface area contributed by atoms with Crippen LogP contribution in [-0.2, 0) is 0 Å². The van der Waals surface area contributed by atoms with E-state index in [0.29, 0.717) is 0 Å². The van der Waals surface area contributed by atoms with Crippen molar-refractivity contribution in [2.75, 3.05) is 6.54 Å². The van der Waals surface area contributed by atoms with Gasteiger partial charge in [0.1, 0.15) is 0 Å². The summed E-state index contributed by atoms with van der Waals surface area (Å²) in [6, 6.07) is -0.443. The lowest BCUT2D eigenvalue weighted by Gasteiger charge is -2.21. The van der Waals surface area contributed by atoms with E-state index in [1.54, 1.807) is 0 Å². The molecule has 0 aliphatic carbocycles. The van der Waals surface area contributed by atoms with Crippen LogP contribution in [0, 0.1) is 0 Å². The number of halogens is 3. The van der Waals surface area contributed by atoms with Gasteiger partial charge >= 0.3 is 6.18 Å². The third-order valence-electron chi connectivity index (χ3n) is 1.97. The first-order valence-electron chi connectivity index (χ1n) is 4.45. The van der Waals surface area contributed by atoms with Gasteiger partial charge in [-0.05, 0) is 13.0 Å². The number of hydrogen-bond donors (Lipinski definition) is 2. The zero-order valence-corrected chi connectivity index (χ0v) is 8.12. The smallest absolute Gasteiger partial charge is 0.330 e. The fourth-order valence-corrected chi connectivity index (χ4v) is 1.27. The summed E-state index contributed by atoms with van der Waals surface area (Å²) in [6.45, 7) is -0.243. The van der Waals surface area contributed by atoms with Crippen molar-refractivity contribution < 1.29 is 13.2 Å². The van der Waals surface area contributed by atoms with E-state index in [-0.39, 0.29) is 11.2 Å². The Kier molecular flexibility index (Phi) is 3.53. The molecule has 1 unspecified atom stereocenters. The van der Waals surface area contributed by atoms with Crippen LogP contribution in [0.3, 0.4) is 0 Å². The molecular weight excluding hydrogens is 227 g/mol. The number of nitrogens with one attached hydrogen (secondary N) is 1. The molecule has 0 amide bonds. The van der Waals surface area contributed by atoms with Gasteiger partial charge in [0.25, 0.3) is 11.1 Å². The van der Waals surface area contributed by atoms with E-state index in [1.807, 2.05) is 5.10 Å². The summed E-state index contributed by atoms with van der Waals surface area (Å²) in [5.41, 5.74) is 3.35. The van der Waals surface area contributed by atoms with Crippen LogP contribution >= 0.6 is 0 Å². The van der Waals surface area contributed by atoms with Gasteiger partial charge in [-0.3, -0.25) is 14.7 Å². The quantitative estimate of drug-likeness (QED) is 0.775. The number of aromatic nitrogens is 2. The molecule has 3 N–H and O–H groups in total. The normalized spacial score (nSPS) is 13.8. The van der Waals surface area contributed by atoms with Crippen LogP contribution in [0.5, 0.6) is 0 Å². The molecule has 0 bridgehead atoms. The fourth-order valence-electron chi connectivity index (χ4n) is 1.27. The van der Waals surface area contributed by atoms with E-state index in [0.717, 1.165) is 12.1 Å². The molecule has 0 radical (unpaired) electrons. The average molecular weight is 237 g/mol. The zero-order valence-electron chi connectivity index (χ0n) is 8.12. The molecule has 1 rings (SSSR count). The lowest BCUT2D eigenvalue weighted by molar-refractivity contribution is -0.172. The molecule has 1 aromatic heterocycles. The van der Waals surface area contributed by atoms with Crippen LogP contribution in [-0.4, -0.2) is 22.5 Å². The lowest BCUT2D eigenvalue weighted by Crippen LogP contribution is -2.39. The second-order valence-corrected chi connectivity index (χ2v) is 3.15. The van der Waals surface area contributed by atoms with Crippen molar-refractivity contribution in [3.63, 3.8) is 0 Å². The Labute approximate surface area is 87.7 Å². The van der Waals surface area contributed by atoms with E-state index in [9.17, 15) is 22.8 Å². The van der Waals surface area contributed by atoms with Gasteiger partial charge in [0.15, 0.2) is 6.04 Å². The summed E-state index contributed by atoms with van der Waals surface area (Å²) in [5.74, 6) is 0. The summed E-state index contributed by atoms with van der Waals surface area (Å²) in [6.07, 6.45) is -5.10. The van der Waals surface area contributed by atoms with Crippen molar-refractivity contribution in [3.8, 4) is 0 Å². The fraction of sp³-hybridized carbons (Fsp3) is 0.500. The highest BCUT2D eigenvalue weighted by Gasteiger charge is 2.41. The number of nitrogens with zero attached hydrogens (tertiary/aromatic N) is 1. The van der Waals surface area contributed by atoms with Crippen LogP contribution in [0.2, 0.25) is 0 Å². The van der Waals surface area contributed by atoms with E-state index in [4.69, 9.17) is 5.73 Å². The molecule has 8 heteroatoms. The first-order chi connectivity index (χ1) is 7.36. The van der Waals surface area contributed by atoms with Crippen molar-refractivity contribution in [2.45, 2.75) is 18.6 Å². The second kappa shape index (κ2) is 4.52. The predicted molar refractivity (Wildman–Crippen MR) is 50.1 cm³/mol. The molecule has 0 fully saturated rings. The van der Waals surface area contributed by atoms with Crippen LogP contribution in [0.1, 0.15) is 12.5 Å². The molecule has 0 saturated carbocycles. The maximum Gasteiger partial charge on any atom is 0.410 e. The van der Waals surface area contributed by atoms with Gasteiger partial charge in [-0.25, -0.2) is 4.68 Å². The molecule has 0 aliphatic rings. The van der Waals surface area contributed by atoms with Gasteiger partial charge in [0, 0.05) is 12.1 Å². The number of aromatic amines is 1. The van der Waals surface area contributed by atoms with E-state index in [1.165, 1.54) is 0 Å². The highest BCUT2D eigenvalue weighted by molar-refractivity contribution is 4.89. The van der Waals surface area contributed by atoms with Crippen molar-refractivity contribution in [1.29, 1.82) is 0 Å². The molecule has 5 nitrogen and oxygen atoms in total. The third kappa shape index (κ3) is 2.72. The summed E-state index contributed by atoms with van der Waals surface area (Å²) in [7, 11) is 0. The highest BCUT2D eigenvalue weighted by Crippen LogP contribution is 2.30. The third-order valence-corrected chi connectivity index (χ3v) is 1.97. The molecule has 90 valence electrons. The van der Waals surface area contributed by atoms with Crippen LogP contribution in [0.4, 0.5) is 13.2 Å². The molecule has 0 spiro atoms. The Morgan fingerprint density at radius 3 is 2.50 bits per heavy atom. The molecule has 16 heavy (non-hydrogen) atoms. The standard InChI is InChI=1S/C8H10F3N3O2/c9-8(10,11)5(3-4-12)14-7(16)2-1-6(15)13-14/h1-2,5H,3-4,12H2,(H,13,15). The monoisotopic (exact) mass is 237 g/mol. The number of hydrogen-bond acceptors (Lipinski definition) is 3. The van der Waals surface area contributed by atoms with Gasteiger partial charge in [-0.1, -0.05) is 0 Å². The summed E-state index contributed by atoms with van der Waals surface area (Å²) in [4.78, 5) is 22.1. The van der Waals surface area contributed by atoms with Crippen LogP contribution < -0.4 is 16.9 Å².